The maximum absolute atomic E-state index is 11.8. The van der Waals surface area contributed by atoms with Crippen LogP contribution in [0.2, 0.25) is 0 Å². The van der Waals surface area contributed by atoms with Crippen molar-refractivity contribution in [3.05, 3.63) is 0 Å². The third-order valence-corrected chi connectivity index (χ3v) is 2.52. The van der Waals surface area contributed by atoms with Gasteiger partial charge in [-0.3, -0.25) is 4.79 Å². The van der Waals surface area contributed by atoms with Crippen molar-refractivity contribution < 1.29 is 14.7 Å². The Labute approximate surface area is 95.8 Å². The summed E-state index contributed by atoms with van der Waals surface area (Å²) < 4.78 is 0. The Kier molecular flexibility index (Phi) is 4.15. The summed E-state index contributed by atoms with van der Waals surface area (Å²) in [7, 11) is 0. The van der Waals surface area contributed by atoms with E-state index in [1.54, 1.807) is 4.90 Å². The van der Waals surface area contributed by atoms with Crippen LogP contribution in [-0.4, -0.2) is 40.6 Å². The molecule has 0 aromatic rings. The molecule has 2 N–H and O–H groups in total. The maximum Gasteiger partial charge on any atom is 0.325 e. The van der Waals surface area contributed by atoms with Crippen LogP contribution in [0.5, 0.6) is 0 Å². The summed E-state index contributed by atoms with van der Waals surface area (Å²) in [5, 5.41) is 11.2. The first kappa shape index (κ1) is 12.8. The summed E-state index contributed by atoms with van der Waals surface area (Å²) in [6.45, 7) is 6.25. The van der Waals surface area contributed by atoms with Crippen molar-refractivity contribution in [2.24, 2.45) is 5.92 Å². The number of amides is 2. The van der Waals surface area contributed by atoms with Crippen LogP contribution in [0.4, 0.5) is 4.79 Å². The SMILES string of the molecule is CC(C)CN(C(=O)NC(C)C(=O)O)C1CC1. The van der Waals surface area contributed by atoms with Crippen molar-refractivity contribution in [3.8, 4) is 0 Å². The molecule has 5 heteroatoms. The molecule has 0 saturated heterocycles. The van der Waals surface area contributed by atoms with Gasteiger partial charge in [-0.05, 0) is 25.7 Å². The monoisotopic (exact) mass is 228 g/mol. The summed E-state index contributed by atoms with van der Waals surface area (Å²) in [6, 6.07) is -0.782. The lowest BCUT2D eigenvalue weighted by atomic mass is 10.2. The summed E-state index contributed by atoms with van der Waals surface area (Å²) in [5.41, 5.74) is 0. The van der Waals surface area contributed by atoms with Gasteiger partial charge in [0.15, 0.2) is 0 Å². The lowest BCUT2D eigenvalue weighted by molar-refractivity contribution is -0.138. The Morgan fingerprint density at radius 1 is 1.38 bits per heavy atom. The molecule has 16 heavy (non-hydrogen) atoms. The van der Waals surface area contributed by atoms with Gasteiger partial charge in [0, 0.05) is 12.6 Å². The molecule has 1 atom stereocenters. The molecule has 1 fully saturated rings. The molecule has 0 bridgehead atoms. The van der Waals surface area contributed by atoms with E-state index in [0.717, 1.165) is 12.8 Å². The molecule has 0 radical (unpaired) electrons. The zero-order chi connectivity index (χ0) is 12.3. The van der Waals surface area contributed by atoms with Crippen molar-refractivity contribution in [1.82, 2.24) is 10.2 Å². The van der Waals surface area contributed by atoms with Crippen LogP contribution in [0, 0.1) is 5.92 Å². The fourth-order valence-corrected chi connectivity index (χ4v) is 1.51. The Morgan fingerprint density at radius 2 is 1.94 bits per heavy atom. The second kappa shape index (κ2) is 5.18. The minimum Gasteiger partial charge on any atom is -0.480 e. The van der Waals surface area contributed by atoms with Gasteiger partial charge in [0.05, 0.1) is 0 Å². The van der Waals surface area contributed by atoms with Crippen LogP contribution in [0.1, 0.15) is 33.6 Å². The first-order valence-corrected chi connectivity index (χ1v) is 5.71. The van der Waals surface area contributed by atoms with Gasteiger partial charge in [0.1, 0.15) is 6.04 Å². The second-order valence-corrected chi connectivity index (χ2v) is 4.79. The molecule has 1 aliphatic rings. The van der Waals surface area contributed by atoms with Crippen molar-refractivity contribution >= 4 is 12.0 Å². The minimum atomic E-state index is -1.01. The second-order valence-electron chi connectivity index (χ2n) is 4.79. The van der Waals surface area contributed by atoms with Crippen LogP contribution in [-0.2, 0) is 4.79 Å². The van der Waals surface area contributed by atoms with Crippen molar-refractivity contribution in [2.45, 2.75) is 45.7 Å². The molecule has 0 aromatic heterocycles. The highest BCUT2D eigenvalue weighted by Crippen LogP contribution is 2.27. The molecule has 92 valence electrons. The molecule has 2 amide bonds. The van der Waals surface area contributed by atoms with Gasteiger partial charge < -0.3 is 15.3 Å². The molecule has 0 aliphatic heterocycles. The fraction of sp³-hybridized carbons (Fsp3) is 0.818. The van der Waals surface area contributed by atoms with Crippen LogP contribution in [0.3, 0.4) is 0 Å². The third kappa shape index (κ3) is 3.72. The van der Waals surface area contributed by atoms with E-state index in [0.29, 0.717) is 18.5 Å². The molecule has 1 saturated carbocycles. The molecule has 1 aliphatic carbocycles. The van der Waals surface area contributed by atoms with E-state index >= 15 is 0 Å². The van der Waals surface area contributed by atoms with E-state index < -0.39 is 12.0 Å². The number of carboxylic acids is 1. The Hall–Kier alpha value is -1.26. The highest BCUT2D eigenvalue weighted by atomic mass is 16.4. The third-order valence-electron chi connectivity index (χ3n) is 2.52. The number of rotatable bonds is 5. The number of hydrogen-bond donors (Lipinski definition) is 2. The summed E-state index contributed by atoms with van der Waals surface area (Å²) in [6.07, 6.45) is 2.06. The number of urea groups is 1. The first-order chi connectivity index (χ1) is 7.41. The molecular weight excluding hydrogens is 208 g/mol. The standard InChI is InChI=1S/C11H20N2O3/c1-7(2)6-13(9-4-5-9)11(16)12-8(3)10(14)15/h7-9H,4-6H2,1-3H3,(H,12,16)(H,14,15). The molecule has 0 spiro atoms. The van der Waals surface area contributed by atoms with E-state index in [1.165, 1.54) is 6.92 Å². The van der Waals surface area contributed by atoms with Crippen molar-refractivity contribution in [2.75, 3.05) is 6.54 Å². The summed E-state index contributed by atoms with van der Waals surface area (Å²) in [4.78, 5) is 24.2. The highest BCUT2D eigenvalue weighted by molar-refractivity contribution is 5.82. The fourth-order valence-electron chi connectivity index (χ4n) is 1.51. The van der Waals surface area contributed by atoms with E-state index in [-0.39, 0.29) is 6.03 Å². The quantitative estimate of drug-likeness (QED) is 0.745. The van der Waals surface area contributed by atoms with Gasteiger partial charge >= 0.3 is 12.0 Å². The Morgan fingerprint density at radius 3 is 2.31 bits per heavy atom. The van der Waals surface area contributed by atoms with E-state index in [9.17, 15) is 9.59 Å². The normalized spacial score (nSPS) is 17.0. The zero-order valence-electron chi connectivity index (χ0n) is 10.1. The Bertz CT molecular complexity index is 274. The number of carbonyl (C=O) groups is 2. The number of hydrogen-bond acceptors (Lipinski definition) is 2. The largest absolute Gasteiger partial charge is 0.480 e. The maximum atomic E-state index is 11.8. The number of carbonyl (C=O) groups excluding carboxylic acids is 1. The minimum absolute atomic E-state index is 0.258. The van der Waals surface area contributed by atoms with Crippen molar-refractivity contribution in [3.63, 3.8) is 0 Å². The van der Waals surface area contributed by atoms with E-state index in [4.69, 9.17) is 5.11 Å². The van der Waals surface area contributed by atoms with Gasteiger partial charge in [-0.25, -0.2) is 4.79 Å². The average Bonchev–Trinajstić information content (AvgIpc) is 2.96. The van der Waals surface area contributed by atoms with Crippen LogP contribution in [0.25, 0.3) is 0 Å². The topological polar surface area (TPSA) is 69.6 Å². The van der Waals surface area contributed by atoms with Gasteiger partial charge in [-0.2, -0.15) is 0 Å². The van der Waals surface area contributed by atoms with Gasteiger partial charge in [-0.1, -0.05) is 13.8 Å². The van der Waals surface area contributed by atoms with Gasteiger partial charge in [0.25, 0.3) is 0 Å². The average molecular weight is 228 g/mol. The van der Waals surface area contributed by atoms with E-state index in [1.807, 2.05) is 13.8 Å². The molecular formula is C11H20N2O3. The summed E-state index contributed by atoms with van der Waals surface area (Å²) in [5.74, 6) is -0.611. The molecule has 1 rings (SSSR count). The van der Waals surface area contributed by atoms with E-state index in [2.05, 4.69) is 5.32 Å². The predicted octanol–water partition coefficient (Wildman–Crippen LogP) is 1.29. The van der Waals surface area contributed by atoms with Crippen LogP contribution < -0.4 is 5.32 Å². The lowest BCUT2D eigenvalue weighted by Gasteiger charge is -2.25. The van der Waals surface area contributed by atoms with Crippen molar-refractivity contribution in [1.29, 1.82) is 0 Å². The number of aliphatic carboxylic acids is 1. The van der Waals surface area contributed by atoms with Crippen LogP contribution >= 0.6 is 0 Å². The van der Waals surface area contributed by atoms with Crippen LogP contribution in [0.15, 0.2) is 0 Å². The Balaban J connectivity index is 2.50. The van der Waals surface area contributed by atoms with Gasteiger partial charge in [-0.15, -0.1) is 0 Å². The number of nitrogens with zero attached hydrogens (tertiary/aromatic N) is 1. The smallest absolute Gasteiger partial charge is 0.325 e. The molecule has 0 heterocycles. The molecule has 1 unspecified atom stereocenters. The first-order valence-electron chi connectivity index (χ1n) is 5.71. The predicted molar refractivity (Wildman–Crippen MR) is 60.2 cm³/mol. The highest BCUT2D eigenvalue weighted by Gasteiger charge is 2.33. The number of carboxylic acid groups (broad SMARTS) is 1. The zero-order valence-corrected chi connectivity index (χ0v) is 10.1. The van der Waals surface area contributed by atoms with Gasteiger partial charge in [0.2, 0.25) is 0 Å². The number of nitrogens with one attached hydrogen (secondary N) is 1. The lowest BCUT2D eigenvalue weighted by Crippen LogP contribution is -2.48. The summed E-state index contributed by atoms with van der Waals surface area (Å²) >= 11 is 0. The molecule has 0 aromatic carbocycles. The molecule has 5 nitrogen and oxygen atoms in total.